The molecular formula is C27H21NO8. The van der Waals surface area contributed by atoms with Crippen LogP contribution in [-0.4, -0.2) is 24.4 Å². The van der Waals surface area contributed by atoms with Gasteiger partial charge >= 0.3 is 5.63 Å². The van der Waals surface area contributed by atoms with E-state index in [1.807, 2.05) is 6.92 Å². The van der Waals surface area contributed by atoms with Crippen LogP contribution >= 0.6 is 0 Å². The number of non-ortho nitro benzene ring substituents is 1. The van der Waals surface area contributed by atoms with Gasteiger partial charge in [-0.2, -0.15) is 0 Å². The third-order valence-corrected chi connectivity index (χ3v) is 5.18. The molecule has 0 spiro atoms. The van der Waals surface area contributed by atoms with E-state index in [1.165, 1.54) is 43.5 Å². The average Bonchev–Trinajstić information content (AvgIpc) is 2.88. The first kappa shape index (κ1) is 24.2. The number of allylic oxidation sites excluding steroid dienone is 1. The minimum absolute atomic E-state index is 0.0443. The van der Waals surface area contributed by atoms with E-state index >= 15 is 0 Å². The highest BCUT2D eigenvalue weighted by atomic mass is 16.6. The minimum atomic E-state index is -0.761. The van der Waals surface area contributed by atoms with Gasteiger partial charge in [-0.3, -0.25) is 14.9 Å². The number of carbonyl (C=O) groups excluding carboxylic acids is 1. The first-order valence-electron chi connectivity index (χ1n) is 10.9. The van der Waals surface area contributed by atoms with Gasteiger partial charge in [-0.15, -0.1) is 0 Å². The molecule has 3 aromatic carbocycles. The number of hydrogen-bond donors (Lipinski definition) is 0. The van der Waals surface area contributed by atoms with Crippen molar-refractivity contribution >= 4 is 28.5 Å². The Morgan fingerprint density at radius 1 is 1.03 bits per heavy atom. The van der Waals surface area contributed by atoms with Gasteiger partial charge in [0.05, 0.1) is 18.6 Å². The number of carbonyl (C=O) groups is 1. The summed E-state index contributed by atoms with van der Waals surface area (Å²) in [4.78, 5) is 35.5. The van der Waals surface area contributed by atoms with Crippen molar-refractivity contribution in [1.82, 2.24) is 0 Å². The van der Waals surface area contributed by atoms with Gasteiger partial charge in [0.1, 0.15) is 11.3 Å². The number of rotatable bonds is 9. The van der Waals surface area contributed by atoms with Gasteiger partial charge in [0.2, 0.25) is 0 Å². The Morgan fingerprint density at radius 2 is 1.81 bits per heavy atom. The van der Waals surface area contributed by atoms with E-state index in [0.29, 0.717) is 40.6 Å². The summed E-state index contributed by atoms with van der Waals surface area (Å²) in [6.07, 6.45) is 2.83. The molecule has 0 saturated carbocycles. The Bertz CT molecular complexity index is 1520. The predicted octanol–water partition coefficient (Wildman–Crippen LogP) is 5.80. The van der Waals surface area contributed by atoms with Crippen molar-refractivity contribution in [2.45, 2.75) is 6.92 Å². The van der Waals surface area contributed by atoms with E-state index in [-0.39, 0.29) is 16.8 Å². The topological polar surface area (TPSA) is 118 Å². The van der Waals surface area contributed by atoms with Crippen molar-refractivity contribution in [2.24, 2.45) is 0 Å². The van der Waals surface area contributed by atoms with Crippen LogP contribution in [0.1, 0.15) is 22.8 Å². The van der Waals surface area contributed by atoms with Crippen LogP contribution < -0.4 is 19.8 Å². The zero-order valence-corrected chi connectivity index (χ0v) is 19.4. The van der Waals surface area contributed by atoms with E-state index < -0.39 is 16.3 Å². The van der Waals surface area contributed by atoms with Crippen LogP contribution in [0.5, 0.6) is 23.0 Å². The lowest BCUT2D eigenvalue weighted by molar-refractivity contribution is -0.384. The molecule has 0 saturated heterocycles. The van der Waals surface area contributed by atoms with E-state index in [9.17, 15) is 19.7 Å². The molecule has 0 bridgehead atoms. The number of ketones is 1. The minimum Gasteiger partial charge on any atom is -0.493 e. The van der Waals surface area contributed by atoms with Crippen LogP contribution in [0.15, 0.2) is 82.0 Å². The molecule has 0 fully saturated rings. The van der Waals surface area contributed by atoms with Crippen molar-refractivity contribution in [3.05, 3.63) is 104 Å². The van der Waals surface area contributed by atoms with Gasteiger partial charge in [-0.05, 0) is 55.0 Å². The number of nitrogens with zero attached hydrogens (tertiary/aromatic N) is 1. The van der Waals surface area contributed by atoms with Crippen molar-refractivity contribution in [1.29, 1.82) is 0 Å². The van der Waals surface area contributed by atoms with E-state index in [4.69, 9.17) is 18.6 Å². The molecule has 0 N–H and O–H groups in total. The fraction of sp³-hybridized carbons (Fsp3) is 0.111. The predicted molar refractivity (Wildman–Crippen MR) is 133 cm³/mol. The largest absolute Gasteiger partial charge is 0.493 e. The van der Waals surface area contributed by atoms with Gasteiger partial charge in [-0.25, -0.2) is 4.79 Å². The summed E-state index contributed by atoms with van der Waals surface area (Å²) < 4.78 is 22.0. The van der Waals surface area contributed by atoms with Crippen LogP contribution in [0.2, 0.25) is 0 Å². The van der Waals surface area contributed by atoms with Gasteiger partial charge in [-0.1, -0.05) is 24.3 Å². The van der Waals surface area contributed by atoms with Gasteiger partial charge in [0, 0.05) is 17.5 Å². The standard InChI is InChI=1S/C27H21NO8/c1-3-34-25-15-17(8-14-23(25)35-20-11-9-19(10-12-20)28(31)32)7-13-22(29)21-16-18-5-4-6-24(33-2)26(18)36-27(21)30/h4-16H,3H2,1-2H3/b13-7+. The second-order valence-electron chi connectivity index (χ2n) is 7.52. The molecule has 9 nitrogen and oxygen atoms in total. The fourth-order valence-electron chi connectivity index (χ4n) is 3.46. The van der Waals surface area contributed by atoms with Crippen LogP contribution in [0.3, 0.4) is 0 Å². The molecule has 182 valence electrons. The third-order valence-electron chi connectivity index (χ3n) is 5.18. The zero-order valence-electron chi connectivity index (χ0n) is 19.4. The summed E-state index contributed by atoms with van der Waals surface area (Å²) in [7, 11) is 1.47. The first-order valence-corrected chi connectivity index (χ1v) is 10.9. The number of methoxy groups -OCH3 is 1. The molecule has 0 radical (unpaired) electrons. The fourth-order valence-corrected chi connectivity index (χ4v) is 3.46. The number of para-hydroxylation sites is 1. The normalized spacial score (nSPS) is 10.9. The molecule has 0 aliphatic rings. The molecule has 9 heteroatoms. The highest BCUT2D eigenvalue weighted by Crippen LogP contribution is 2.33. The lowest BCUT2D eigenvalue weighted by Crippen LogP contribution is -2.12. The van der Waals surface area contributed by atoms with E-state index in [2.05, 4.69) is 0 Å². The van der Waals surface area contributed by atoms with E-state index in [1.54, 1.807) is 42.5 Å². The first-order chi connectivity index (χ1) is 17.4. The molecule has 1 aromatic heterocycles. The number of ether oxygens (including phenoxy) is 3. The van der Waals surface area contributed by atoms with Crippen LogP contribution in [0.25, 0.3) is 17.0 Å². The smallest absolute Gasteiger partial charge is 0.347 e. The quantitative estimate of drug-likeness (QED) is 0.0956. The second kappa shape index (κ2) is 10.6. The van der Waals surface area contributed by atoms with Crippen LogP contribution in [-0.2, 0) is 0 Å². The van der Waals surface area contributed by atoms with Gasteiger partial charge in [0.25, 0.3) is 5.69 Å². The summed E-state index contributed by atoms with van der Waals surface area (Å²) in [5.74, 6) is 1.11. The maximum atomic E-state index is 12.7. The molecule has 0 aliphatic heterocycles. The van der Waals surface area contributed by atoms with Crippen molar-refractivity contribution in [3.8, 4) is 23.0 Å². The number of fused-ring (bicyclic) bond motifs is 1. The Kier molecular flexibility index (Phi) is 7.10. The molecule has 0 amide bonds. The average molecular weight is 487 g/mol. The summed E-state index contributed by atoms with van der Waals surface area (Å²) in [5.41, 5.74) is 0.000901. The maximum absolute atomic E-state index is 12.7. The summed E-state index contributed by atoms with van der Waals surface area (Å²) in [5, 5.41) is 11.4. The van der Waals surface area contributed by atoms with Crippen molar-refractivity contribution in [2.75, 3.05) is 13.7 Å². The van der Waals surface area contributed by atoms with Gasteiger partial charge < -0.3 is 18.6 Å². The molecule has 4 rings (SSSR count). The zero-order chi connectivity index (χ0) is 25.7. The lowest BCUT2D eigenvalue weighted by Gasteiger charge is -2.12. The van der Waals surface area contributed by atoms with Crippen LogP contribution in [0.4, 0.5) is 5.69 Å². The SMILES string of the molecule is CCOc1cc(/C=C/C(=O)c2cc3cccc(OC)c3oc2=O)ccc1Oc1ccc([N+](=O)[O-])cc1. The third kappa shape index (κ3) is 5.25. The van der Waals surface area contributed by atoms with Crippen molar-refractivity contribution in [3.63, 3.8) is 0 Å². The monoisotopic (exact) mass is 487 g/mol. The lowest BCUT2D eigenvalue weighted by atomic mass is 10.1. The number of nitro benzene ring substituents is 1. The van der Waals surface area contributed by atoms with Gasteiger partial charge in [0.15, 0.2) is 28.6 Å². The van der Waals surface area contributed by atoms with E-state index in [0.717, 1.165) is 0 Å². The van der Waals surface area contributed by atoms with Crippen molar-refractivity contribution < 1.29 is 28.3 Å². The molecule has 1 heterocycles. The molecule has 0 atom stereocenters. The number of benzene rings is 3. The Balaban J connectivity index is 1.57. The Labute approximate surface area is 205 Å². The second-order valence-corrected chi connectivity index (χ2v) is 7.52. The van der Waals surface area contributed by atoms with Crippen LogP contribution in [0, 0.1) is 10.1 Å². The molecule has 0 aliphatic carbocycles. The maximum Gasteiger partial charge on any atom is 0.347 e. The summed E-state index contributed by atoms with van der Waals surface area (Å²) >= 11 is 0. The summed E-state index contributed by atoms with van der Waals surface area (Å²) in [6.45, 7) is 2.18. The Hall–Kier alpha value is -4.92. The number of hydrogen-bond acceptors (Lipinski definition) is 8. The molecule has 36 heavy (non-hydrogen) atoms. The molecule has 4 aromatic rings. The number of nitro groups is 1. The summed E-state index contributed by atoms with van der Waals surface area (Å²) in [6, 6.07) is 17.3. The molecular weight excluding hydrogens is 466 g/mol. The highest BCUT2D eigenvalue weighted by molar-refractivity contribution is 6.08. The Morgan fingerprint density at radius 3 is 2.50 bits per heavy atom. The highest BCUT2D eigenvalue weighted by Gasteiger charge is 2.14. The molecule has 0 unspecified atom stereocenters.